The summed E-state index contributed by atoms with van der Waals surface area (Å²) in [6, 6.07) is 4.25. The first-order valence-corrected chi connectivity index (χ1v) is 6.28. The molecule has 0 aliphatic heterocycles. The number of hydrogen-bond donors (Lipinski definition) is 3. The van der Waals surface area contributed by atoms with Crippen molar-refractivity contribution in [1.82, 2.24) is 5.32 Å². The highest BCUT2D eigenvalue weighted by atomic mass is 35.5. The number of amides is 1. The van der Waals surface area contributed by atoms with Crippen LogP contribution < -0.4 is 5.32 Å². The van der Waals surface area contributed by atoms with Gasteiger partial charge in [0.15, 0.2) is 11.5 Å². The molecule has 0 aromatic heterocycles. The molecule has 0 heterocycles. The summed E-state index contributed by atoms with van der Waals surface area (Å²) in [7, 11) is 0. The van der Waals surface area contributed by atoms with E-state index in [-0.39, 0.29) is 16.7 Å². The molecule has 100 valence electrons. The maximum absolute atomic E-state index is 11.8. The topological polar surface area (TPSA) is 69.6 Å². The molecular formula is C13H18ClNO3. The smallest absolute Gasteiger partial charge is 0.255 e. The lowest BCUT2D eigenvalue weighted by molar-refractivity contribution is 0.0949. The molecule has 1 amide bonds. The van der Waals surface area contributed by atoms with Gasteiger partial charge >= 0.3 is 0 Å². The van der Waals surface area contributed by atoms with Gasteiger partial charge in [0.1, 0.15) is 0 Å². The third kappa shape index (κ3) is 4.11. The quantitative estimate of drug-likeness (QED) is 0.569. The molecule has 0 aliphatic rings. The van der Waals surface area contributed by atoms with Gasteiger partial charge in [-0.05, 0) is 24.5 Å². The summed E-state index contributed by atoms with van der Waals surface area (Å²) in [6.07, 6.45) is 0.799. The number of rotatable bonds is 5. The van der Waals surface area contributed by atoms with E-state index >= 15 is 0 Å². The van der Waals surface area contributed by atoms with Crippen molar-refractivity contribution >= 4 is 17.5 Å². The van der Waals surface area contributed by atoms with Crippen molar-refractivity contribution in [2.45, 2.75) is 25.6 Å². The number of aromatic hydroxyl groups is 2. The van der Waals surface area contributed by atoms with Gasteiger partial charge in [0.05, 0.1) is 10.9 Å². The summed E-state index contributed by atoms with van der Waals surface area (Å²) in [6.45, 7) is 4.43. The van der Waals surface area contributed by atoms with Gasteiger partial charge in [-0.15, -0.1) is 11.6 Å². The van der Waals surface area contributed by atoms with Gasteiger partial charge in [-0.25, -0.2) is 0 Å². The predicted octanol–water partition coefficient (Wildman–Crippen LogP) is 2.48. The van der Waals surface area contributed by atoms with Crippen molar-refractivity contribution in [3.8, 4) is 11.5 Å². The van der Waals surface area contributed by atoms with Gasteiger partial charge in [0.2, 0.25) is 0 Å². The van der Waals surface area contributed by atoms with Gasteiger partial charge in [-0.2, -0.15) is 0 Å². The van der Waals surface area contributed by atoms with Crippen molar-refractivity contribution in [1.29, 1.82) is 0 Å². The molecule has 0 fully saturated rings. The lowest BCUT2D eigenvalue weighted by Gasteiger charge is -2.13. The van der Waals surface area contributed by atoms with Crippen LogP contribution in [-0.2, 0) is 0 Å². The second-order valence-electron chi connectivity index (χ2n) is 4.61. The average Bonchev–Trinajstić information content (AvgIpc) is 2.29. The number of para-hydroxylation sites is 1. The molecule has 1 aromatic carbocycles. The first kappa shape index (κ1) is 14.6. The molecule has 0 aliphatic carbocycles. The van der Waals surface area contributed by atoms with Crippen molar-refractivity contribution in [3.63, 3.8) is 0 Å². The Morgan fingerprint density at radius 3 is 2.67 bits per heavy atom. The summed E-state index contributed by atoms with van der Waals surface area (Å²) in [5, 5.41) is 21.3. The van der Waals surface area contributed by atoms with Crippen LogP contribution in [0, 0.1) is 5.92 Å². The lowest BCUT2D eigenvalue weighted by atomic mass is 10.1. The normalized spacial score (nSPS) is 12.4. The first-order chi connectivity index (χ1) is 8.41. The number of carbonyl (C=O) groups excluding carboxylic acids is 1. The highest BCUT2D eigenvalue weighted by Crippen LogP contribution is 2.27. The summed E-state index contributed by atoms with van der Waals surface area (Å²) < 4.78 is 0. The van der Waals surface area contributed by atoms with Gasteiger partial charge in [0, 0.05) is 6.54 Å². The Kier molecular flexibility index (Phi) is 5.28. The molecule has 3 N–H and O–H groups in total. The fourth-order valence-corrected chi connectivity index (χ4v) is 2.04. The number of halogens is 1. The van der Waals surface area contributed by atoms with E-state index < -0.39 is 11.7 Å². The van der Waals surface area contributed by atoms with E-state index in [4.69, 9.17) is 11.6 Å². The fourth-order valence-electron chi connectivity index (χ4n) is 1.61. The monoisotopic (exact) mass is 271 g/mol. The number of hydrogen-bond acceptors (Lipinski definition) is 3. The molecule has 5 heteroatoms. The highest BCUT2D eigenvalue weighted by Gasteiger charge is 2.15. The van der Waals surface area contributed by atoms with E-state index in [1.165, 1.54) is 18.2 Å². The molecule has 1 rings (SSSR count). The van der Waals surface area contributed by atoms with Crippen LogP contribution in [0.2, 0.25) is 0 Å². The molecule has 0 saturated carbocycles. The second-order valence-corrected chi connectivity index (χ2v) is 5.23. The number of phenolic OH excluding ortho intramolecular Hbond substituents is 2. The van der Waals surface area contributed by atoms with Crippen LogP contribution >= 0.6 is 11.6 Å². The summed E-state index contributed by atoms with van der Waals surface area (Å²) >= 11 is 6.05. The number of phenols is 2. The molecule has 0 bridgehead atoms. The number of nitrogens with one attached hydrogen (secondary N) is 1. The zero-order chi connectivity index (χ0) is 13.7. The van der Waals surface area contributed by atoms with Gasteiger partial charge in [-0.1, -0.05) is 19.9 Å². The largest absolute Gasteiger partial charge is 0.504 e. The maximum Gasteiger partial charge on any atom is 0.255 e. The lowest BCUT2D eigenvalue weighted by Crippen LogP contribution is -2.30. The van der Waals surface area contributed by atoms with Crippen molar-refractivity contribution in [3.05, 3.63) is 23.8 Å². The van der Waals surface area contributed by atoms with Gasteiger partial charge < -0.3 is 15.5 Å². The van der Waals surface area contributed by atoms with Crippen molar-refractivity contribution in [2.75, 3.05) is 6.54 Å². The minimum atomic E-state index is -0.446. The Bertz CT molecular complexity index is 421. The number of benzene rings is 1. The third-order valence-electron chi connectivity index (χ3n) is 2.47. The summed E-state index contributed by atoms with van der Waals surface area (Å²) in [5.74, 6) is -0.714. The number of carbonyl (C=O) groups is 1. The minimum absolute atomic E-state index is 0.0448. The summed E-state index contributed by atoms with van der Waals surface area (Å²) in [4.78, 5) is 11.8. The van der Waals surface area contributed by atoms with E-state index in [1.54, 1.807) is 0 Å². The van der Waals surface area contributed by atoms with Gasteiger partial charge in [-0.3, -0.25) is 4.79 Å². The van der Waals surface area contributed by atoms with Crippen LogP contribution in [0.1, 0.15) is 30.6 Å². The summed E-state index contributed by atoms with van der Waals surface area (Å²) in [5.41, 5.74) is 0.0448. The van der Waals surface area contributed by atoms with E-state index in [0.717, 1.165) is 6.42 Å². The predicted molar refractivity (Wildman–Crippen MR) is 71.2 cm³/mol. The van der Waals surface area contributed by atoms with Crippen LogP contribution in [-0.4, -0.2) is 28.0 Å². The van der Waals surface area contributed by atoms with Crippen LogP contribution in [0.5, 0.6) is 11.5 Å². The Labute approximate surface area is 112 Å². The van der Waals surface area contributed by atoms with Crippen LogP contribution in [0.4, 0.5) is 0 Å². The van der Waals surface area contributed by atoms with Crippen LogP contribution in [0.3, 0.4) is 0 Å². The molecule has 1 unspecified atom stereocenters. The van der Waals surface area contributed by atoms with Crippen molar-refractivity contribution < 1.29 is 15.0 Å². The van der Waals surface area contributed by atoms with E-state index in [1.807, 2.05) is 0 Å². The SMILES string of the molecule is CC(C)CC(Cl)CNC(=O)c1cccc(O)c1O. The molecule has 0 radical (unpaired) electrons. The molecule has 4 nitrogen and oxygen atoms in total. The molecule has 18 heavy (non-hydrogen) atoms. The molecule has 0 saturated heterocycles. The maximum atomic E-state index is 11.8. The van der Waals surface area contributed by atoms with Gasteiger partial charge in [0.25, 0.3) is 5.91 Å². The standard InChI is InChI=1S/C13H18ClNO3/c1-8(2)6-9(14)7-15-13(18)10-4-3-5-11(16)12(10)17/h3-5,8-9,16-17H,6-7H2,1-2H3,(H,15,18). The molecule has 1 atom stereocenters. The average molecular weight is 272 g/mol. The minimum Gasteiger partial charge on any atom is -0.504 e. The van der Waals surface area contributed by atoms with Crippen LogP contribution in [0.25, 0.3) is 0 Å². The Morgan fingerprint density at radius 1 is 1.39 bits per heavy atom. The van der Waals surface area contributed by atoms with E-state index in [9.17, 15) is 15.0 Å². The highest BCUT2D eigenvalue weighted by molar-refractivity contribution is 6.21. The first-order valence-electron chi connectivity index (χ1n) is 5.85. The zero-order valence-corrected chi connectivity index (χ0v) is 11.2. The Balaban J connectivity index is 2.58. The zero-order valence-electron chi connectivity index (χ0n) is 10.5. The van der Waals surface area contributed by atoms with E-state index in [2.05, 4.69) is 19.2 Å². The molecule has 1 aromatic rings. The fraction of sp³-hybridized carbons (Fsp3) is 0.462. The van der Waals surface area contributed by atoms with E-state index in [0.29, 0.717) is 12.5 Å². The van der Waals surface area contributed by atoms with Crippen molar-refractivity contribution in [2.24, 2.45) is 5.92 Å². The Hall–Kier alpha value is -1.42. The molecule has 0 spiro atoms. The Morgan fingerprint density at radius 2 is 2.06 bits per heavy atom. The second kappa shape index (κ2) is 6.50. The molecular weight excluding hydrogens is 254 g/mol. The third-order valence-corrected chi connectivity index (χ3v) is 2.80. The van der Waals surface area contributed by atoms with Crippen LogP contribution in [0.15, 0.2) is 18.2 Å². The number of alkyl halides is 1.